The van der Waals surface area contributed by atoms with Crippen LogP contribution in [0.25, 0.3) is 10.8 Å². The average Bonchev–Trinajstić information content (AvgIpc) is 2.36. The van der Waals surface area contributed by atoms with Crippen LogP contribution < -0.4 is 10.1 Å². The summed E-state index contributed by atoms with van der Waals surface area (Å²) in [5, 5.41) is 5.80. The number of likely N-dealkylation sites (N-methyl/N-ethyl adjacent to an activating group) is 1. The van der Waals surface area contributed by atoms with Crippen molar-refractivity contribution >= 4 is 10.8 Å². The summed E-state index contributed by atoms with van der Waals surface area (Å²) < 4.78 is 5.77. The largest absolute Gasteiger partial charge is 0.492 e. The summed E-state index contributed by atoms with van der Waals surface area (Å²) in [5.41, 5.74) is 0. The van der Waals surface area contributed by atoms with Gasteiger partial charge in [-0.3, -0.25) is 0 Å². The highest BCUT2D eigenvalue weighted by Gasteiger charge is 2.01. The molecule has 0 fully saturated rings. The van der Waals surface area contributed by atoms with E-state index in [0.29, 0.717) is 12.6 Å². The zero-order valence-electron chi connectivity index (χ0n) is 10.4. The molecule has 0 aliphatic rings. The van der Waals surface area contributed by atoms with Gasteiger partial charge < -0.3 is 10.1 Å². The zero-order valence-corrected chi connectivity index (χ0v) is 10.4. The molecule has 0 spiro atoms. The lowest BCUT2D eigenvalue weighted by Crippen LogP contribution is -2.31. The molecule has 2 aromatic carbocycles. The third-order valence-electron chi connectivity index (χ3n) is 2.77. The van der Waals surface area contributed by atoms with Crippen LogP contribution in [0.15, 0.2) is 42.5 Å². The zero-order chi connectivity index (χ0) is 12.1. The minimum atomic E-state index is 0.381. The lowest BCUT2D eigenvalue weighted by molar-refractivity contribution is 0.275. The smallest absolute Gasteiger partial charge is 0.120 e. The van der Waals surface area contributed by atoms with Gasteiger partial charge in [0.15, 0.2) is 0 Å². The standard InChI is InChI=1S/C15H19NO/c1-3-16-12(2)11-17-15-9-8-13-6-4-5-7-14(13)10-15/h4-10,12,16H,3,11H2,1-2H3. The summed E-state index contributed by atoms with van der Waals surface area (Å²) >= 11 is 0. The molecule has 0 saturated carbocycles. The Morgan fingerprint density at radius 1 is 1.12 bits per heavy atom. The Morgan fingerprint density at radius 2 is 1.88 bits per heavy atom. The second-order valence-corrected chi connectivity index (χ2v) is 4.28. The highest BCUT2D eigenvalue weighted by atomic mass is 16.5. The van der Waals surface area contributed by atoms with Crippen LogP contribution in [0.2, 0.25) is 0 Å². The molecular formula is C15H19NO. The summed E-state index contributed by atoms with van der Waals surface area (Å²) in [6, 6.07) is 14.9. The Balaban J connectivity index is 2.04. The van der Waals surface area contributed by atoms with E-state index in [1.807, 2.05) is 12.1 Å². The molecule has 0 heterocycles. The predicted octanol–water partition coefficient (Wildman–Crippen LogP) is 3.22. The van der Waals surface area contributed by atoms with Crippen LogP contribution in [0.5, 0.6) is 5.75 Å². The molecule has 0 aromatic heterocycles. The van der Waals surface area contributed by atoms with Gasteiger partial charge in [0.2, 0.25) is 0 Å². The van der Waals surface area contributed by atoms with Crippen LogP contribution >= 0.6 is 0 Å². The van der Waals surface area contributed by atoms with Gasteiger partial charge in [0, 0.05) is 6.04 Å². The summed E-state index contributed by atoms with van der Waals surface area (Å²) in [4.78, 5) is 0. The number of nitrogens with one attached hydrogen (secondary N) is 1. The molecule has 1 unspecified atom stereocenters. The molecule has 1 atom stereocenters. The van der Waals surface area contributed by atoms with Gasteiger partial charge in [0.1, 0.15) is 12.4 Å². The van der Waals surface area contributed by atoms with E-state index in [1.54, 1.807) is 0 Å². The lowest BCUT2D eigenvalue weighted by atomic mass is 10.1. The molecule has 0 amide bonds. The predicted molar refractivity (Wildman–Crippen MR) is 72.6 cm³/mol. The number of hydrogen-bond donors (Lipinski definition) is 1. The monoisotopic (exact) mass is 229 g/mol. The van der Waals surface area contributed by atoms with Crippen molar-refractivity contribution < 1.29 is 4.74 Å². The second kappa shape index (κ2) is 5.69. The van der Waals surface area contributed by atoms with E-state index in [4.69, 9.17) is 4.74 Å². The Hall–Kier alpha value is -1.54. The van der Waals surface area contributed by atoms with Crippen molar-refractivity contribution in [2.75, 3.05) is 13.2 Å². The van der Waals surface area contributed by atoms with Crippen LogP contribution in [0, 0.1) is 0 Å². The first kappa shape index (κ1) is 11.9. The topological polar surface area (TPSA) is 21.3 Å². The Morgan fingerprint density at radius 3 is 2.65 bits per heavy atom. The number of benzene rings is 2. The van der Waals surface area contributed by atoms with Gasteiger partial charge in [-0.2, -0.15) is 0 Å². The van der Waals surface area contributed by atoms with Gasteiger partial charge in [0.25, 0.3) is 0 Å². The molecule has 2 aromatic rings. The van der Waals surface area contributed by atoms with E-state index in [9.17, 15) is 0 Å². The van der Waals surface area contributed by atoms with Gasteiger partial charge in [-0.15, -0.1) is 0 Å². The van der Waals surface area contributed by atoms with Crippen molar-refractivity contribution in [2.24, 2.45) is 0 Å². The van der Waals surface area contributed by atoms with Crippen molar-refractivity contribution in [3.63, 3.8) is 0 Å². The SMILES string of the molecule is CCNC(C)COc1ccc2ccccc2c1. The third kappa shape index (κ3) is 3.21. The first-order valence-corrected chi connectivity index (χ1v) is 6.14. The molecule has 2 rings (SSSR count). The summed E-state index contributed by atoms with van der Waals surface area (Å²) in [6.45, 7) is 5.91. The van der Waals surface area contributed by atoms with E-state index in [2.05, 4.69) is 49.5 Å². The maximum Gasteiger partial charge on any atom is 0.120 e. The van der Waals surface area contributed by atoms with E-state index < -0.39 is 0 Å². The molecule has 2 heteroatoms. The van der Waals surface area contributed by atoms with Crippen LogP contribution in [0.4, 0.5) is 0 Å². The van der Waals surface area contributed by atoms with E-state index in [-0.39, 0.29) is 0 Å². The molecule has 0 aliphatic heterocycles. The van der Waals surface area contributed by atoms with Gasteiger partial charge in [-0.05, 0) is 36.4 Å². The molecule has 2 nitrogen and oxygen atoms in total. The fourth-order valence-electron chi connectivity index (χ4n) is 1.89. The van der Waals surface area contributed by atoms with Crippen LogP contribution in [-0.4, -0.2) is 19.2 Å². The fourth-order valence-corrected chi connectivity index (χ4v) is 1.89. The van der Waals surface area contributed by atoms with Gasteiger partial charge in [-0.1, -0.05) is 37.3 Å². The molecule has 90 valence electrons. The number of ether oxygens (including phenoxy) is 1. The quantitative estimate of drug-likeness (QED) is 0.850. The molecule has 1 N–H and O–H groups in total. The maximum absolute atomic E-state index is 5.77. The summed E-state index contributed by atoms with van der Waals surface area (Å²) in [5.74, 6) is 0.938. The van der Waals surface area contributed by atoms with E-state index in [0.717, 1.165) is 12.3 Å². The van der Waals surface area contributed by atoms with E-state index >= 15 is 0 Å². The Bertz CT molecular complexity index is 481. The van der Waals surface area contributed by atoms with Crippen LogP contribution in [-0.2, 0) is 0 Å². The molecular weight excluding hydrogens is 210 g/mol. The number of hydrogen-bond acceptors (Lipinski definition) is 2. The molecule has 17 heavy (non-hydrogen) atoms. The maximum atomic E-state index is 5.77. The second-order valence-electron chi connectivity index (χ2n) is 4.28. The molecule has 0 bridgehead atoms. The van der Waals surface area contributed by atoms with Crippen molar-refractivity contribution in [1.82, 2.24) is 5.32 Å². The summed E-state index contributed by atoms with van der Waals surface area (Å²) in [7, 11) is 0. The Kier molecular flexibility index (Phi) is 3.99. The van der Waals surface area contributed by atoms with Crippen molar-refractivity contribution in [2.45, 2.75) is 19.9 Å². The van der Waals surface area contributed by atoms with Gasteiger partial charge in [0.05, 0.1) is 0 Å². The normalized spacial score (nSPS) is 12.6. The summed E-state index contributed by atoms with van der Waals surface area (Å²) in [6.07, 6.45) is 0. The van der Waals surface area contributed by atoms with Crippen LogP contribution in [0.1, 0.15) is 13.8 Å². The third-order valence-corrected chi connectivity index (χ3v) is 2.77. The van der Waals surface area contributed by atoms with Gasteiger partial charge >= 0.3 is 0 Å². The Labute approximate surface area is 103 Å². The first-order valence-electron chi connectivity index (χ1n) is 6.14. The number of fused-ring (bicyclic) bond motifs is 1. The van der Waals surface area contributed by atoms with Crippen molar-refractivity contribution in [1.29, 1.82) is 0 Å². The van der Waals surface area contributed by atoms with Crippen molar-refractivity contribution in [3.05, 3.63) is 42.5 Å². The number of rotatable bonds is 5. The minimum absolute atomic E-state index is 0.381. The van der Waals surface area contributed by atoms with E-state index in [1.165, 1.54) is 10.8 Å². The van der Waals surface area contributed by atoms with Gasteiger partial charge in [-0.25, -0.2) is 0 Å². The average molecular weight is 229 g/mol. The molecule has 0 radical (unpaired) electrons. The molecule has 0 saturated heterocycles. The fraction of sp³-hybridized carbons (Fsp3) is 0.333. The first-order chi connectivity index (χ1) is 8.29. The lowest BCUT2D eigenvalue weighted by Gasteiger charge is -2.13. The minimum Gasteiger partial charge on any atom is -0.492 e. The molecule has 0 aliphatic carbocycles. The highest BCUT2D eigenvalue weighted by molar-refractivity contribution is 5.83. The van der Waals surface area contributed by atoms with Crippen molar-refractivity contribution in [3.8, 4) is 5.75 Å². The highest BCUT2D eigenvalue weighted by Crippen LogP contribution is 2.20. The van der Waals surface area contributed by atoms with Crippen LogP contribution in [0.3, 0.4) is 0 Å².